The van der Waals surface area contributed by atoms with Crippen LogP contribution in [0.2, 0.25) is 0 Å². The van der Waals surface area contributed by atoms with Crippen molar-refractivity contribution in [2.75, 3.05) is 13.1 Å². The van der Waals surface area contributed by atoms with Crippen LogP contribution in [-0.4, -0.2) is 43.5 Å². The van der Waals surface area contributed by atoms with Crippen molar-refractivity contribution in [3.8, 4) is 0 Å². The molecule has 3 aromatic heterocycles. The number of fused-ring (bicyclic) bond motifs is 1. The number of likely N-dealkylation sites (tertiary alicyclic amines) is 1. The van der Waals surface area contributed by atoms with Gasteiger partial charge in [-0.15, -0.1) is 0 Å². The smallest absolute Gasteiger partial charge is 0.271 e. The fraction of sp³-hybridized carbons (Fsp3) is 0.261. The average Bonchev–Trinajstić information content (AvgIpc) is 3.45. The van der Waals surface area contributed by atoms with Crippen LogP contribution in [0.15, 0.2) is 67.1 Å². The molecule has 6 nitrogen and oxygen atoms in total. The topological polar surface area (TPSA) is 66.3 Å². The number of rotatable bonds is 3. The molecule has 1 aliphatic heterocycles. The Morgan fingerprint density at radius 2 is 1.86 bits per heavy atom. The number of aromatic nitrogens is 4. The van der Waals surface area contributed by atoms with Gasteiger partial charge >= 0.3 is 0 Å². The average molecular weight is 385 g/mol. The van der Waals surface area contributed by atoms with Crippen LogP contribution in [0.1, 0.15) is 40.2 Å². The highest BCUT2D eigenvalue weighted by Gasteiger charge is 2.41. The number of hydrogen-bond acceptors (Lipinski definition) is 3. The minimum atomic E-state index is -0.204. The summed E-state index contributed by atoms with van der Waals surface area (Å²) in [6, 6.07) is 16.4. The van der Waals surface area contributed by atoms with Gasteiger partial charge in [-0.05, 0) is 43.0 Å². The van der Waals surface area contributed by atoms with Gasteiger partial charge in [-0.2, -0.15) is 5.10 Å². The van der Waals surface area contributed by atoms with E-state index < -0.39 is 0 Å². The molecule has 29 heavy (non-hydrogen) atoms. The Hall–Kier alpha value is -3.41. The first-order valence-corrected chi connectivity index (χ1v) is 9.96. The van der Waals surface area contributed by atoms with E-state index in [0.717, 1.165) is 29.7 Å². The highest BCUT2D eigenvalue weighted by Crippen LogP contribution is 2.41. The first-order valence-electron chi connectivity index (χ1n) is 9.96. The number of benzene rings is 1. The molecule has 146 valence electrons. The summed E-state index contributed by atoms with van der Waals surface area (Å²) in [6.45, 7) is 3.45. The Kier molecular flexibility index (Phi) is 4.19. The van der Waals surface area contributed by atoms with Gasteiger partial charge in [0, 0.05) is 37.1 Å². The zero-order chi connectivity index (χ0) is 19.8. The van der Waals surface area contributed by atoms with E-state index in [9.17, 15) is 4.79 Å². The Morgan fingerprint density at radius 1 is 1.07 bits per heavy atom. The molecule has 1 saturated heterocycles. The van der Waals surface area contributed by atoms with E-state index in [4.69, 9.17) is 4.98 Å². The number of carbonyl (C=O) groups is 1. The third-order valence-electron chi connectivity index (χ3n) is 6.13. The molecule has 4 heterocycles. The molecule has 1 N–H and O–H groups in total. The van der Waals surface area contributed by atoms with Crippen molar-refractivity contribution >= 4 is 11.6 Å². The molecular formula is C23H23N5O. The summed E-state index contributed by atoms with van der Waals surface area (Å²) in [6.07, 6.45) is 7.49. The normalized spacial score (nSPS) is 16.2. The Balaban J connectivity index is 1.53. The van der Waals surface area contributed by atoms with Crippen LogP contribution in [0.3, 0.4) is 0 Å². The maximum atomic E-state index is 12.8. The van der Waals surface area contributed by atoms with Crippen LogP contribution in [0.4, 0.5) is 0 Å². The highest BCUT2D eigenvalue weighted by atomic mass is 16.2. The summed E-state index contributed by atoms with van der Waals surface area (Å²) in [4.78, 5) is 19.7. The number of carbonyl (C=O) groups excluding carboxylic acids is 1. The zero-order valence-electron chi connectivity index (χ0n) is 16.4. The molecule has 5 rings (SSSR count). The lowest BCUT2D eigenvalue weighted by Crippen LogP contribution is -2.46. The quantitative estimate of drug-likeness (QED) is 0.586. The predicted octanol–water partition coefficient (Wildman–Crippen LogP) is 3.59. The summed E-state index contributed by atoms with van der Waals surface area (Å²) in [5.74, 6) is 0.00927. The molecule has 4 aromatic rings. The van der Waals surface area contributed by atoms with Gasteiger partial charge in [-0.3, -0.25) is 9.89 Å². The molecule has 1 aliphatic rings. The van der Waals surface area contributed by atoms with E-state index >= 15 is 0 Å². The van der Waals surface area contributed by atoms with Gasteiger partial charge < -0.3 is 9.30 Å². The van der Waals surface area contributed by atoms with Crippen molar-refractivity contribution in [3.63, 3.8) is 0 Å². The summed E-state index contributed by atoms with van der Waals surface area (Å²) in [5, 5.41) is 6.69. The highest BCUT2D eigenvalue weighted by molar-refractivity contribution is 5.92. The van der Waals surface area contributed by atoms with Gasteiger partial charge in [0.2, 0.25) is 0 Å². The Morgan fingerprint density at radius 3 is 2.55 bits per heavy atom. The maximum Gasteiger partial charge on any atom is 0.271 e. The fourth-order valence-corrected chi connectivity index (χ4v) is 4.47. The molecule has 1 amide bonds. The molecule has 1 fully saturated rings. The van der Waals surface area contributed by atoms with Crippen molar-refractivity contribution in [1.82, 2.24) is 24.5 Å². The van der Waals surface area contributed by atoms with Crippen molar-refractivity contribution in [3.05, 3.63) is 89.6 Å². The van der Waals surface area contributed by atoms with E-state index in [1.54, 1.807) is 12.3 Å². The van der Waals surface area contributed by atoms with Crippen molar-refractivity contribution < 1.29 is 4.79 Å². The minimum absolute atomic E-state index is 0.00927. The second-order valence-electron chi connectivity index (χ2n) is 7.76. The number of nitrogens with one attached hydrogen (secondary N) is 1. The number of aromatic amines is 1. The van der Waals surface area contributed by atoms with Crippen LogP contribution >= 0.6 is 0 Å². The molecule has 0 unspecified atom stereocenters. The molecule has 0 aliphatic carbocycles. The second kappa shape index (κ2) is 6.88. The Labute approximate surface area is 169 Å². The minimum Gasteiger partial charge on any atom is -0.337 e. The van der Waals surface area contributed by atoms with Crippen LogP contribution in [0, 0.1) is 6.92 Å². The monoisotopic (exact) mass is 385 g/mol. The maximum absolute atomic E-state index is 12.8. The number of nitrogens with zero attached hydrogens (tertiary/aromatic N) is 4. The van der Waals surface area contributed by atoms with Crippen LogP contribution in [-0.2, 0) is 5.41 Å². The Bertz CT molecular complexity index is 1140. The van der Waals surface area contributed by atoms with Gasteiger partial charge in [-0.25, -0.2) is 4.98 Å². The van der Waals surface area contributed by atoms with E-state index in [0.29, 0.717) is 18.8 Å². The number of H-pyrrole nitrogens is 1. The van der Waals surface area contributed by atoms with Gasteiger partial charge in [-0.1, -0.05) is 36.4 Å². The zero-order valence-corrected chi connectivity index (χ0v) is 16.4. The largest absolute Gasteiger partial charge is 0.337 e. The molecule has 0 bridgehead atoms. The predicted molar refractivity (Wildman–Crippen MR) is 111 cm³/mol. The molecule has 6 heteroatoms. The standard InChI is InChI=1S/C23H23N5O/c1-17-6-5-13-28-16-20(25-21(17)28)23(18-7-3-2-4-8-18)10-14-27(15-11-23)22(29)19-9-12-24-26-19/h2-9,12-13,16H,10-11,14-15H2,1H3,(H,24,26). The third kappa shape index (κ3) is 2.92. The van der Waals surface area contributed by atoms with Crippen molar-refractivity contribution in [2.24, 2.45) is 0 Å². The number of hydrogen-bond donors (Lipinski definition) is 1. The number of pyridine rings is 1. The molecule has 0 spiro atoms. The lowest BCUT2D eigenvalue weighted by molar-refractivity contribution is 0.0678. The number of aryl methyl sites for hydroxylation is 1. The van der Waals surface area contributed by atoms with Crippen LogP contribution in [0.5, 0.6) is 0 Å². The molecular weight excluding hydrogens is 362 g/mol. The SMILES string of the molecule is Cc1cccn2cc(C3(c4ccccc4)CCN(C(=O)c4ccn[nH]4)CC3)nc12. The molecule has 0 radical (unpaired) electrons. The number of amides is 1. The summed E-state index contributed by atoms with van der Waals surface area (Å²) < 4.78 is 2.11. The first-order chi connectivity index (χ1) is 14.2. The van der Waals surface area contributed by atoms with Crippen LogP contribution in [0.25, 0.3) is 5.65 Å². The first kappa shape index (κ1) is 17.7. The van der Waals surface area contributed by atoms with E-state index in [-0.39, 0.29) is 11.3 Å². The van der Waals surface area contributed by atoms with Crippen molar-refractivity contribution in [1.29, 1.82) is 0 Å². The lowest BCUT2D eigenvalue weighted by atomic mass is 9.70. The van der Waals surface area contributed by atoms with Gasteiger partial charge in [0.05, 0.1) is 5.69 Å². The second-order valence-corrected chi connectivity index (χ2v) is 7.76. The fourth-order valence-electron chi connectivity index (χ4n) is 4.47. The van der Waals surface area contributed by atoms with E-state index in [2.05, 4.69) is 70.3 Å². The summed E-state index contributed by atoms with van der Waals surface area (Å²) >= 11 is 0. The molecule has 1 aromatic carbocycles. The number of piperidine rings is 1. The lowest BCUT2D eigenvalue weighted by Gasteiger charge is -2.41. The number of imidazole rings is 1. The summed E-state index contributed by atoms with van der Waals surface area (Å²) in [5.41, 5.74) is 4.83. The summed E-state index contributed by atoms with van der Waals surface area (Å²) in [7, 11) is 0. The van der Waals surface area contributed by atoms with Crippen LogP contribution < -0.4 is 0 Å². The molecule has 0 atom stereocenters. The van der Waals surface area contributed by atoms with Crippen molar-refractivity contribution in [2.45, 2.75) is 25.2 Å². The van der Waals surface area contributed by atoms with Gasteiger partial charge in [0.1, 0.15) is 11.3 Å². The van der Waals surface area contributed by atoms with E-state index in [1.807, 2.05) is 11.0 Å². The third-order valence-corrected chi connectivity index (χ3v) is 6.13. The van der Waals surface area contributed by atoms with E-state index in [1.165, 1.54) is 5.56 Å². The molecule has 0 saturated carbocycles. The van der Waals surface area contributed by atoms with Gasteiger partial charge in [0.15, 0.2) is 0 Å². The van der Waals surface area contributed by atoms with Gasteiger partial charge in [0.25, 0.3) is 5.91 Å².